The summed E-state index contributed by atoms with van der Waals surface area (Å²) in [6, 6.07) is 11.2. The average Bonchev–Trinajstić information content (AvgIpc) is 2.43. The molecule has 0 unspecified atom stereocenters. The molecular weight excluding hydrogens is 256 g/mol. The van der Waals surface area contributed by atoms with E-state index in [1.54, 1.807) is 19.2 Å². The monoisotopic (exact) mass is 270 g/mol. The van der Waals surface area contributed by atoms with E-state index in [1.807, 2.05) is 24.3 Å². The Morgan fingerprint density at radius 1 is 1.10 bits per heavy atom. The molecule has 4 nitrogen and oxygen atoms in total. The molecule has 2 aliphatic rings. The van der Waals surface area contributed by atoms with Gasteiger partial charge in [-0.05, 0) is 29.8 Å². The Hall–Kier alpha value is -2.20. The van der Waals surface area contributed by atoms with Gasteiger partial charge < -0.3 is 19.3 Å². The van der Waals surface area contributed by atoms with Gasteiger partial charge in [-0.1, -0.05) is 6.07 Å². The number of hydrogen-bond donors (Lipinski definition) is 1. The predicted molar refractivity (Wildman–Crippen MR) is 73.2 cm³/mol. The predicted octanol–water partition coefficient (Wildman–Crippen LogP) is 2.69. The van der Waals surface area contributed by atoms with Crippen LogP contribution in [0.2, 0.25) is 0 Å². The summed E-state index contributed by atoms with van der Waals surface area (Å²) < 4.78 is 16.8. The third-order valence-corrected chi connectivity index (χ3v) is 3.95. The topological polar surface area (TPSA) is 47.9 Å². The van der Waals surface area contributed by atoms with Crippen LogP contribution in [0.1, 0.15) is 5.56 Å². The van der Waals surface area contributed by atoms with E-state index < -0.39 is 5.60 Å². The molecule has 0 atom stereocenters. The van der Waals surface area contributed by atoms with E-state index in [9.17, 15) is 5.11 Å². The number of methoxy groups -OCH3 is 1. The fourth-order valence-electron chi connectivity index (χ4n) is 2.85. The fraction of sp³-hybridized carbons (Fsp3) is 0.250. The van der Waals surface area contributed by atoms with Crippen LogP contribution in [0.5, 0.6) is 17.2 Å². The Bertz CT molecular complexity index is 689. The number of hydrogen-bond acceptors (Lipinski definition) is 4. The molecule has 4 rings (SSSR count). The van der Waals surface area contributed by atoms with Gasteiger partial charge in [0.15, 0.2) is 5.60 Å². The molecule has 1 fully saturated rings. The summed E-state index contributed by atoms with van der Waals surface area (Å²) >= 11 is 0. The Morgan fingerprint density at radius 2 is 1.90 bits per heavy atom. The molecule has 4 heteroatoms. The maximum atomic E-state index is 9.65. The smallest absolute Gasteiger partial charge is 0.181 e. The number of fused-ring (bicyclic) bond motifs is 4. The van der Waals surface area contributed by atoms with Crippen molar-refractivity contribution in [3.8, 4) is 28.4 Å². The quantitative estimate of drug-likeness (QED) is 0.865. The van der Waals surface area contributed by atoms with Gasteiger partial charge in [-0.15, -0.1) is 0 Å². The normalized spacial score (nSPS) is 17.6. The van der Waals surface area contributed by atoms with E-state index in [2.05, 4.69) is 0 Å². The fourth-order valence-corrected chi connectivity index (χ4v) is 2.85. The van der Waals surface area contributed by atoms with Crippen LogP contribution in [-0.2, 0) is 10.3 Å². The molecule has 0 bridgehead atoms. The molecule has 2 aliphatic heterocycles. The van der Waals surface area contributed by atoms with Crippen LogP contribution < -0.4 is 9.47 Å². The minimum atomic E-state index is -0.454. The van der Waals surface area contributed by atoms with Crippen molar-refractivity contribution in [3.05, 3.63) is 42.0 Å². The van der Waals surface area contributed by atoms with Crippen molar-refractivity contribution in [2.75, 3.05) is 20.3 Å². The van der Waals surface area contributed by atoms with Crippen LogP contribution in [0.3, 0.4) is 0 Å². The molecule has 0 aromatic heterocycles. The summed E-state index contributed by atoms with van der Waals surface area (Å²) in [6.45, 7) is 1.03. The van der Waals surface area contributed by atoms with Crippen LogP contribution in [-0.4, -0.2) is 25.4 Å². The maximum Gasteiger partial charge on any atom is 0.181 e. The highest BCUT2D eigenvalue weighted by molar-refractivity contribution is 5.78. The summed E-state index contributed by atoms with van der Waals surface area (Å²) in [6.07, 6.45) is 0. The van der Waals surface area contributed by atoms with E-state index in [0.717, 1.165) is 22.4 Å². The lowest BCUT2D eigenvalue weighted by Crippen LogP contribution is -2.52. The van der Waals surface area contributed by atoms with Gasteiger partial charge in [0.2, 0.25) is 0 Å². The molecule has 1 saturated heterocycles. The summed E-state index contributed by atoms with van der Waals surface area (Å²) in [5, 5.41) is 9.65. The summed E-state index contributed by atoms with van der Waals surface area (Å²) in [4.78, 5) is 0. The van der Waals surface area contributed by atoms with Gasteiger partial charge in [0, 0.05) is 17.2 Å². The van der Waals surface area contributed by atoms with Crippen molar-refractivity contribution in [1.82, 2.24) is 0 Å². The zero-order valence-electron chi connectivity index (χ0n) is 11.1. The second-order valence-electron chi connectivity index (χ2n) is 5.18. The zero-order chi connectivity index (χ0) is 13.7. The molecule has 1 spiro atoms. The number of rotatable bonds is 1. The van der Waals surface area contributed by atoms with Crippen LogP contribution >= 0.6 is 0 Å². The molecule has 0 aliphatic carbocycles. The van der Waals surface area contributed by atoms with Crippen LogP contribution in [0.4, 0.5) is 0 Å². The van der Waals surface area contributed by atoms with E-state index in [4.69, 9.17) is 14.2 Å². The zero-order valence-corrected chi connectivity index (χ0v) is 11.1. The molecule has 0 saturated carbocycles. The highest BCUT2D eigenvalue weighted by atomic mass is 16.6. The second-order valence-corrected chi connectivity index (χ2v) is 5.18. The standard InChI is InChI=1S/C16H14O4/c1-18-11-3-5-12-13-4-2-10(17)6-15(13)20-16(8-19-9-16)14(12)7-11/h2-7,17H,8-9H2,1H3. The van der Waals surface area contributed by atoms with Gasteiger partial charge in [0.05, 0.1) is 20.3 Å². The van der Waals surface area contributed by atoms with E-state index in [0.29, 0.717) is 19.0 Å². The van der Waals surface area contributed by atoms with Crippen molar-refractivity contribution in [1.29, 1.82) is 0 Å². The highest BCUT2D eigenvalue weighted by Crippen LogP contribution is 2.49. The molecule has 102 valence electrons. The van der Waals surface area contributed by atoms with Crippen molar-refractivity contribution in [2.45, 2.75) is 5.60 Å². The first-order chi connectivity index (χ1) is 9.72. The number of aromatic hydroxyl groups is 1. The van der Waals surface area contributed by atoms with Crippen molar-refractivity contribution in [2.24, 2.45) is 0 Å². The first kappa shape index (κ1) is 11.6. The summed E-state index contributed by atoms with van der Waals surface area (Å²) in [5.74, 6) is 1.71. The van der Waals surface area contributed by atoms with Gasteiger partial charge in [-0.25, -0.2) is 0 Å². The Labute approximate surface area is 116 Å². The SMILES string of the molecule is COc1ccc2c(c1)C1(COC1)Oc1cc(O)ccc1-2. The molecule has 20 heavy (non-hydrogen) atoms. The number of phenols is 1. The van der Waals surface area contributed by atoms with Crippen molar-refractivity contribution < 1.29 is 19.3 Å². The first-order valence-corrected chi connectivity index (χ1v) is 6.50. The maximum absolute atomic E-state index is 9.65. The highest BCUT2D eigenvalue weighted by Gasteiger charge is 2.47. The lowest BCUT2D eigenvalue weighted by molar-refractivity contribution is -0.169. The molecule has 1 N–H and O–H groups in total. The second kappa shape index (κ2) is 3.90. The van der Waals surface area contributed by atoms with E-state index in [1.165, 1.54) is 0 Å². The summed E-state index contributed by atoms with van der Waals surface area (Å²) in [7, 11) is 1.65. The van der Waals surface area contributed by atoms with Crippen LogP contribution in [0.15, 0.2) is 36.4 Å². The third-order valence-electron chi connectivity index (χ3n) is 3.95. The lowest BCUT2D eigenvalue weighted by atomic mass is 9.82. The molecule has 0 amide bonds. The van der Waals surface area contributed by atoms with Gasteiger partial charge in [-0.3, -0.25) is 0 Å². The molecule has 0 radical (unpaired) electrons. The average molecular weight is 270 g/mol. The van der Waals surface area contributed by atoms with Crippen LogP contribution in [0.25, 0.3) is 11.1 Å². The van der Waals surface area contributed by atoms with Gasteiger partial charge in [0.1, 0.15) is 17.2 Å². The van der Waals surface area contributed by atoms with Crippen molar-refractivity contribution >= 4 is 0 Å². The van der Waals surface area contributed by atoms with Gasteiger partial charge in [-0.2, -0.15) is 0 Å². The molecule has 2 aromatic carbocycles. The molecule has 2 aromatic rings. The first-order valence-electron chi connectivity index (χ1n) is 6.50. The number of ether oxygens (including phenoxy) is 3. The Balaban J connectivity index is 1.97. The van der Waals surface area contributed by atoms with Gasteiger partial charge >= 0.3 is 0 Å². The van der Waals surface area contributed by atoms with E-state index >= 15 is 0 Å². The lowest BCUT2D eigenvalue weighted by Gasteiger charge is -2.45. The molecule has 2 heterocycles. The van der Waals surface area contributed by atoms with Gasteiger partial charge in [0.25, 0.3) is 0 Å². The minimum Gasteiger partial charge on any atom is -0.508 e. The van der Waals surface area contributed by atoms with Crippen molar-refractivity contribution in [3.63, 3.8) is 0 Å². The largest absolute Gasteiger partial charge is 0.508 e. The number of benzene rings is 2. The third kappa shape index (κ3) is 1.45. The van der Waals surface area contributed by atoms with Crippen LogP contribution in [0, 0.1) is 0 Å². The Morgan fingerprint density at radius 3 is 2.60 bits per heavy atom. The minimum absolute atomic E-state index is 0.205. The summed E-state index contributed by atoms with van der Waals surface area (Å²) in [5.41, 5.74) is 2.72. The molecular formula is C16H14O4. The van der Waals surface area contributed by atoms with E-state index in [-0.39, 0.29) is 5.75 Å². The Kier molecular flexibility index (Phi) is 2.26. The number of phenolic OH excluding ortho intramolecular Hbond substituents is 1.